The first-order chi connectivity index (χ1) is 15.2. The first kappa shape index (κ1) is 18.7. The van der Waals surface area contributed by atoms with E-state index in [2.05, 4.69) is 27.5 Å². The summed E-state index contributed by atoms with van der Waals surface area (Å²) in [5, 5.41) is 8.81. The van der Waals surface area contributed by atoms with E-state index in [1.165, 1.54) is 0 Å². The number of rotatable bonds is 5. The third-order valence-electron chi connectivity index (χ3n) is 5.08. The van der Waals surface area contributed by atoms with Crippen LogP contribution in [0.4, 0.5) is 11.6 Å². The van der Waals surface area contributed by atoms with Crippen molar-refractivity contribution in [1.29, 1.82) is 0 Å². The summed E-state index contributed by atoms with van der Waals surface area (Å²) in [6.45, 7) is 0. The normalized spacial score (nSPS) is 10.9. The molecule has 0 aliphatic heterocycles. The van der Waals surface area contributed by atoms with Crippen LogP contribution in [0.3, 0.4) is 0 Å². The Hall–Kier alpha value is -4.26. The van der Waals surface area contributed by atoms with Crippen LogP contribution in [0.5, 0.6) is 5.75 Å². The molecule has 3 heterocycles. The second kappa shape index (κ2) is 7.87. The van der Waals surface area contributed by atoms with Crippen molar-refractivity contribution in [1.82, 2.24) is 24.7 Å². The average molecular weight is 408 g/mol. The summed E-state index contributed by atoms with van der Waals surface area (Å²) in [6, 6.07) is 19.7. The van der Waals surface area contributed by atoms with Crippen molar-refractivity contribution in [2.24, 2.45) is 7.05 Å². The van der Waals surface area contributed by atoms with Crippen LogP contribution in [0, 0.1) is 0 Å². The summed E-state index contributed by atoms with van der Waals surface area (Å²) in [5.74, 6) is 2.84. The van der Waals surface area contributed by atoms with Crippen LogP contribution >= 0.6 is 0 Å². The Labute approximate surface area is 179 Å². The molecule has 0 saturated heterocycles. The summed E-state index contributed by atoms with van der Waals surface area (Å²) >= 11 is 0. The Morgan fingerprint density at radius 2 is 1.74 bits per heavy atom. The Bertz CT molecular complexity index is 1350. The van der Waals surface area contributed by atoms with Crippen LogP contribution in [0.25, 0.3) is 33.4 Å². The lowest BCUT2D eigenvalue weighted by molar-refractivity contribution is 0.415. The van der Waals surface area contributed by atoms with Crippen molar-refractivity contribution in [2.45, 2.75) is 0 Å². The van der Waals surface area contributed by atoms with Crippen LogP contribution in [0.1, 0.15) is 0 Å². The van der Waals surface area contributed by atoms with Gasteiger partial charge in [-0.1, -0.05) is 30.3 Å². The molecule has 2 aromatic carbocycles. The Kier molecular flexibility index (Phi) is 4.76. The second-order valence-corrected chi connectivity index (χ2v) is 7.04. The van der Waals surface area contributed by atoms with Gasteiger partial charge in [0, 0.05) is 36.0 Å². The van der Waals surface area contributed by atoms with E-state index in [1.807, 2.05) is 61.8 Å². The number of pyridine rings is 1. The highest BCUT2D eigenvalue weighted by atomic mass is 16.5. The molecule has 7 heteroatoms. The standard InChI is InChI=1S/C24H20N6O/c1-30-24(20(15-26-30)16-7-4-3-5-8-16)29-23-19-13-18(31-2)10-11-21(19)27-22(28-23)17-9-6-12-25-14-17/h3-15H,1-2H3,(H,27,28,29). The highest BCUT2D eigenvalue weighted by Crippen LogP contribution is 2.33. The molecule has 31 heavy (non-hydrogen) atoms. The summed E-state index contributed by atoms with van der Waals surface area (Å²) in [4.78, 5) is 13.8. The Morgan fingerprint density at radius 3 is 2.52 bits per heavy atom. The number of hydrogen-bond donors (Lipinski definition) is 1. The smallest absolute Gasteiger partial charge is 0.163 e. The monoisotopic (exact) mass is 408 g/mol. The highest BCUT2D eigenvalue weighted by Gasteiger charge is 2.16. The predicted molar refractivity (Wildman–Crippen MR) is 121 cm³/mol. The van der Waals surface area contributed by atoms with Gasteiger partial charge in [-0.15, -0.1) is 0 Å². The fraction of sp³-hybridized carbons (Fsp3) is 0.0833. The molecule has 0 radical (unpaired) electrons. The number of fused-ring (bicyclic) bond motifs is 1. The van der Waals surface area contributed by atoms with E-state index >= 15 is 0 Å². The third-order valence-corrected chi connectivity index (χ3v) is 5.08. The van der Waals surface area contributed by atoms with Crippen molar-refractivity contribution < 1.29 is 4.74 Å². The molecule has 152 valence electrons. The molecule has 5 rings (SSSR count). The molecular weight excluding hydrogens is 388 g/mol. The van der Waals surface area contributed by atoms with Crippen molar-refractivity contribution in [3.05, 3.63) is 79.3 Å². The second-order valence-electron chi connectivity index (χ2n) is 7.04. The fourth-order valence-corrected chi connectivity index (χ4v) is 3.48. The quantitative estimate of drug-likeness (QED) is 0.448. The van der Waals surface area contributed by atoms with E-state index in [-0.39, 0.29) is 0 Å². The largest absolute Gasteiger partial charge is 0.497 e. The first-order valence-corrected chi connectivity index (χ1v) is 9.83. The zero-order chi connectivity index (χ0) is 21.2. The third kappa shape index (κ3) is 3.57. The van der Waals surface area contributed by atoms with Crippen LogP contribution in [-0.4, -0.2) is 31.8 Å². The summed E-state index contributed by atoms with van der Waals surface area (Å²) in [6.07, 6.45) is 5.34. The zero-order valence-corrected chi connectivity index (χ0v) is 17.1. The first-order valence-electron chi connectivity index (χ1n) is 9.83. The van der Waals surface area contributed by atoms with E-state index < -0.39 is 0 Å². The minimum absolute atomic E-state index is 0.594. The number of nitrogens with one attached hydrogen (secondary N) is 1. The molecular formula is C24H20N6O. The summed E-state index contributed by atoms with van der Waals surface area (Å²) < 4.78 is 7.24. The van der Waals surface area contributed by atoms with Gasteiger partial charge in [0.25, 0.3) is 0 Å². The van der Waals surface area contributed by atoms with Crippen LogP contribution in [-0.2, 0) is 7.05 Å². The van der Waals surface area contributed by atoms with Gasteiger partial charge in [-0.2, -0.15) is 5.10 Å². The minimum atomic E-state index is 0.594. The van der Waals surface area contributed by atoms with Gasteiger partial charge in [-0.3, -0.25) is 9.67 Å². The molecule has 0 spiro atoms. The molecule has 0 bridgehead atoms. The molecule has 0 aliphatic carbocycles. The van der Waals surface area contributed by atoms with Crippen LogP contribution < -0.4 is 10.1 Å². The Morgan fingerprint density at radius 1 is 0.903 bits per heavy atom. The van der Waals surface area contributed by atoms with E-state index in [0.717, 1.165) is 39.2 Å². The van der Waals surface area contributed by atoms with Gasteiger partial charge in [0.05, 0.1) is 18.8 Å². The number of aryl methyl sites for hydroxylation is 1. The van der Waals surface area contributed by atoms with Crippen molar-refractivity contribution >= 4 is 22.5 Å². The zero-order valence-electron chi connectivity index (χ0n) is 17.1. The van der Waals surface area contributed by atoms with Gasteiger partial charge in [0.1, 0.15) is 17.4 Å². The van der Waals surface area contributed by atoms with E-state index in [0.29, 0.717) is 11.6 Å². The number of aromatic nitrogens is 5. The molecule has 0 amide bonds. The lowest BCUT2D eigenvalue weighted by Gasteiger charge is -2.13. The van der Waals surface area contributed by atoms with Crippen molar-refractivity contribution in [3.8, 4) is 28.3 Å². The molecule has 0 unspecified atom stereocenters. The maximum Gasteiger partial charge on any atom is 0.163 e. The molecule has 0 atom stereocenters. The number of anilines is 2. The van der Waals surface area contributed by atoms with Gasteiger partial charge >= 0.3 is 0 Å². The van der Waals surface area contributed by atoms with Gasteiger partial charge < -0.3 is 10.1 Å². The van der Waals surface area contributed by atoms with Gasteiger partial charge in [-0.05, 0) is 35.9 Å². The minimum Gasteiger partial charge on any atom is -0.497 e. The molecule has 1 N–H and O–H groups in total. The summed E-state index contributed by atoms with van der Waals surface area (Å²) in [7, 11) is 3.55. The number of ether oxygens (including phenoxy) is 1. The van der Waals surface area contributed by atoms with Crippen LogP contribution in [0.2, 0.25) is 0 Å². The average Bonchev–Trinajstić information content (AvgIpc) is 3.19. The van der Waals surface area contributed by atoms with Crippen LogP contribution in [0.15, 0.2) is 79.3 Å². The molecule has 0 aliphatic rings. The molecule has 3 aromatic heterocycles. The topological polar surface area (TPSA) is 77.8 Å². The number of methoxy groups -OCH3 is 1. The lowest BCUT2D eigenvalue weighted by Crippen LogP contribution is -2.04. The molecule has 5 aromatic rings. The molecule has 7 nitrogen and oxygen atoms in total. The summed E-state index contributed by atoms with van der Waals surface area (Å²) in [5.41, 5.74) is 3.71. The van der Waals surface area contributed by atoms with Gasteiger partial charge in [0.2, 0.25) is 0 Å². The van der Waals surface area contributed by atoms with E-state index in [1.54, 1.807) is 24.2 Å². The number of nitrogens with zero attached hydrogens (tertiary/aromatic N) is 5. The van der Waals surface area contributed by atoms with E-state index in [9.17, 15) is 0 Å². The predicted octanol–water partition coefficient (Wildman–Crippen LogP) is 4.84. The van der Waals surface area contributed by atoms with Crippen molar-refractivity contribution in [2.75, 3.05) is 12.4 Å². The number of benzene rings is 2. The highest BCUT2D eigenvalue weighted by molar-refractivity contribution is 5.94. The van der Waals surface area contributed by atoms with Gasteiger partial charge in [0.15, 0.2) is 5.82 Å². The Balaban J connectivity index is 1.68. The lowest BCUT2D eigenvalue weighted by atomic mass is 10.1. The molecule has 0 fully saturated rings. The molecule has 0 saturated carbocycles. The number of hydrogen-bond acceptors (Lipinski definition) is 6. The fourth-order valence-electron chi connectivity index (χ4n) is 3.48. The SMILES string of the molecule is COc1ccc2nc(-c3cccnc3)nc(Nc3c(-c4ccccc4)cnn3C)c2c1. The van der Waals surface area contributed by atoms with Crippen molar-refractivity contribution in [3.63, 3.8) is 0 Å². The van der Waals surface area contributed by atoms with E-state index in [4.69, 9.17) is 14.7 Å². The maximum atomic E-state index is 5.43. The maximum absolute atomic E-state index is 5.43. The van der Waals surface area contributed by atoms with Gasteiger partial charge in [-0.25, -0.2) is 9.97 Å².